The van der Waals surface area contributed by atoms with Crippen LogP contribution in [0.5, 0.6) is 5.75 Å². The molecule has 1 aromatic carbocycles. The predicted molar refractivity (Wildman–Crippen MR) is 68.5 cm³/mol. The molecule has 94 valence electrons. The number of aromatic hydroxyl groups is 1. The Morgan fingerprint density at radius 1 is 1.17 bits per heavy atom. The van der Waals surface area contributed by atoms with Gasteiger partial charge in [-0.25, -0.2) is 0 Å². The second kappa shape index (κ2) is 4.01. The van der Waals surface area contributed by atoms with E-state index in [0.717, 1.165) is 5.46 Å². The van der Waals surface area contributed by atoms with Crippen LogP contribution in [0.1, 0.15) is 33.3 Å². The van der Waals surface area contributed by atoms with Crippen molar-refractivity contribution in [2.45, 2.75) is 38.9 Å². The highest BCUT2D eigenvalue weighted by Gasteiger charge is 2.51. The largest absolute Gasteiger partial charge is 0.507 e. The van der Waals surface area contributed by atoms with Crippen molar-refractivity contribution in [3.63, 3.8) is 0 Å². The summed E-state index contributed by atoms with van der Waals surface area (Å²) in [6.07, 6.45) is 0. The minimum Gasteiger partial charge on any atom is -0.507 e. The first-order valence-electron chi connectivity index (χ1n) is 5.85. The maximum Gasteiger partial charge on any atom is 0.494 e. The molecule has 1 heterocycles. The molecule has 0 amide bonds. The summed E-state index contributed by atoms with van der Waals surface area (Å²) in [6, 6.07) is 6.73. The third-order valence-electron chi connectivity index (χ3n) is 3.67. The Morgan fingerprint density at radius 3 is 2.22 bits per heavy atom. The summed E-state index contributed by atoms with van der Waals surface area (Å²) >= 11 is 0. The number of rotatable bonds is 1. The van der Waals surface area contributed by atoms with Crippen LogP contribution in [0, 0.1) is 11.3 Å². The van der Waals surface area contributed by atoms with E-state index in [1.54, 1.807) is 12.1 Å². The van der Waals surface area contributed by atoms with Crippen LogP contribution >= 0.6 is 0 Å². The quantitative estimate of drug-likeness (QED) is 0.762. The smallest absolute Gasteiger partial charge is 0.494 e. The van der Waals surface area contributed by atoms with Crippen molar-refractivity contribution in [1.29, 1.82) is 5.26 Å². The minimum absolute atomic E-state index is 0.0298. The molecule has 1 aromatic rings. The van der Waals surface area contributed by atoms with Gasteiger partial charge < -0.3 is 14.4 Å². The maximum atomic E-state index is 9.48. The number of phenols is 1. The van der Waals surface area contributed by atoms with Gasteiger partial charge in [0.25, 0.3) is 0 Å². The Morgan fingerprint density at radius 2 is 1.72 bits per heavy atom. The van der Waals surface area contributed by atoms with Gasteiger partial charge in [-0.15, -0.1) is 0 Å². The molecule has 0 spiro atoms. The molecular weight excluding hydrogens is 229 g/mol. The van der Waals surface area contributed by atoms with Gasteiger partial charge in [0.15, 0.2) is 0 Å². The fraction of sp³-hybridized carbons (Fsp3) is 0.462. The van der Waals surface area contributed by atoms with E-state index in [4.69, 9.17) is 14.6 Å². The molecule has 18 heavy (non-hydrogen) atoms. The monoisotopic (exact) mass is 245 g/mol. The van der Waals surface area contributed by atoms with Crippen molar-refractivity contribution < 1.29 is 14.4 Å². The van der Waals surface area contributed by atoms with Crippen LogP contribution in [0.2, 0.25) is 0 Å². The van der Waals surface area contributed by atoms with Gasteiger partial charge in [0.1, 0.15) is 11.8 Å². The fourth-order valence-electron chi connectivity index (χ4n) is 1.77. The Bertz CT molecular complexity index is 503. The lowest BCUT2D eigenvalue weighted by Crippen LogP contribution is -2.41. The number of nitriles is 1. The lowest BCUT2D eigenvalue weighted by molar-refractivity contribution is 0.00578. The highest BCUT2D eigenvalue weighted by molar-refractivity contribution is 6.62. The topological polar surface area (TPSA) is 62.5 Å². The lowest BCUT2D eigenvalue weighted by Gasteiger charge is -2.32. The van der Waals surface area contributed by atoms with E-state index in [1.807, 2.05) is 33.8 Å². The summed E-state index contributed by atoms with van der Waals surface area (Å²) in [5.74, 6) is -0.0298. The predicted octanol–water partition coefficient (Wildman–Crippen LogP) is 1.56. The summed E-state index contributed by atoms with van der Waals surface area (Å²) < 4.78 is 11.8. The summed E-state index contributed by atoms with van der Waals surface area (Å²) in [5.41, 5.74) is 0.135. The van der Waals surface area contributed by atoms with Gasteiger partial charge in [-0.1, -0.05) is 6.07 Å². The van der Waals surface area contributed by atoms with Gasteiger partial charge in [-0.05, 0) is 45.3 Å². The van der Waals surface area contributed by atoms with Crippen molar-refractivity contribution in [2.75, 3.05) is 0 Å². The zero-order chi connectivity index (χ0) is 13.6. The van der Waals surface area contributed by atoms with Crippen molar-refractivity contribution in [2.24, 2.45) is 0 Å². The standard InChI is InChI=1S/C13H16BNO3/c1-12(2)13(3,4)18-14(17-12)10-5-6-11(16)9(7-10)8-15/h5-7,16H,1-4H3. The van der Waals surface area contributed by atoms with E-state index in [1.165, 1.54) is 6.07 Å². The van der Waals surface area contributed by atoms with Crippen molar-refractivity contribution >= 4 is 12.6 Å². The van der Waals surface area contributed by atoms with Crippen LogP contribution in [0.3, 0.4) is 0 Å². The van der Waals surface area contributed by atoms with Gasteiger partial charge in [0.2, 0.25) is 0 Å². The molecule has 0 bridgehead atoms. The molecular formula is C13H16BNO3. The third-order valence-corrected chi connectivity index (χ3v) is 3.67. The minimum atomic E-state index is -0.511. The summed E-state index contributed by atoms with van der Waals surface area (Å²) in [4.78, 5) is 0. The van der Waals surface area contributed by atoms with Crippen LogP contribution in [-0.2, 0) is 9.31 Å². The zero-order valence-electron chi connectivity index (χ0n) is 11.0. The van der Waals surface area contributed by atoms with E-state index < -0.39 is 18.3 Å². The Balaban J connectivity index is 2.33. The SMILES string of the molecule is CC1(C)OB(c2ccc(O)c(C#N)c2)OC1(C)C. The van der Waals surface area contributed by atoms with E-state index in [9.17, 15) is 5.11 Å². The van der Waals surface area contributed by atoms with Crippen molar-refractivity contribution in [3.8, 4) is 11.8 Å². The normalized spacial score (nSPS) is 20.7. The Kier molecular flexibility index (Phi) is 2.88. The number of nitrogens with zero attached hydrogens (tertiary/aromatic N) is 1. The molecule has 0 aromatic heterocycles. The van der Waals surface area contributed by atoms with Crippen LogP contribution < -0.4 is 5.46 Å². The molecule has 1 aliphatic rings. The molecule has 4 nitrogen and oxygen atoms in total. The average molecular weight is 245 g/mol. The fourth-order valence-corrected chi connectivity index (χ4v) is 1.77. The van der Waals surface area contributed by atoms with Crippen LogP contribution in [0.15, 0.2) is 18.2 Å². The Labute approximate surface area is 107 Å². The van der Waals surface area contributed by atoms with E-state index in [2.05, 4.69) is 0 Å². The van der Waals surface area contributed by atoms with Crippen LogP contribution in [-0.4, -0.2) is 23.4 Å². The zero-order valence-corrected chi connectivity index (χ0v) is 11.0. The second-order valence-corrected chi connectivity index (χ2v) is 5.48. The molecule has 1 saturated heterocycles. The highest BCUT2D eigenvalue weighted by atomic mass is 16.7. The number of phenolic OH excluding ortho intramolecular Hbond substituents is 1. The van der Waals surface area contributed by atoms with Gasteiger partial charge >= 0.3 is 7.12 Å². The molecule has 2 rings (SSSR count). The summed E-state index contributed by atoms with van der Waals surface area (Å²) in [5, 5.41) is 18.4. The Hall–Kier alpha value is -1.51. The van der Waals surface area contributed by atoms with Gasteiger partial charge in [-0.3, -0.25) is 0 Å². The number of hydrogen-bond donors (Lipinski definition) is 1. The first-order valence-corrected chi connectivity index (χ1v) is 5.85. The number of hydrogen-bond acceptors (Lipinski definition) is 4. The van der Waals surface area contributed by atoms with E-state index >= 15 is 0 Å². The number of benzene rings is 1. The van der Waals surface area contributed by atoms with E-state index in [-0.39, 0.29) is 11.3 Å². The molecule has 5 heteroatoms. The van der Waals surface area contributed by atoms with Crippen molar-refractivity contribution in [1.82, 2.24) is 0 Å². The van der Waals surface area contributed by atoms with Gasteiger partial charge in [0.05, 0.1) is 16.8 Å². The lowest BCUT2D eigenvalue weighted by atomic mass is 9.78. The molecule has 0 atom stereocenters. The second-order valence-electron chi connectivity index (χ2n) is 5.48. The summed E-state index contributed by atoms with van der Waals surface area (Å²) in [7, 11) is -0.511. The highest BCUT2D eigenvalue weighted by Crippen LogP contribution is 2.36. The molecule has 0 radical (unpaired) electrons. The van der Waals surface area contributed by atoms with Crippen LogP contribution in [0.25, 0.3) is 0 Å². The van der Waals surface area contributed by atoms with Gasteiger partial charge in [-0.2, -0.15) is 5.26 Å². The van der Waals surface area contributed by atoms with Crippen molar-refractivity contribution in [3.05, 3.63) is 23.8 Å². The maximum absolute atomic E-state index is 9.48. The molecule has 1 aliphatic heterocycles. The molecule has 0 aliphatic carbocycles. The third kappa shape index (κ3) is 1.98. The first kappa shape index (κ1) is 12.9. The molecule has 1 N–H and O–H groups in total. The van der Waals surface area contributed by atoms with Gasteiger partial charge in [0, 0.05) is 0 Å². The first-order chi connectivity index (χ1) is 8.27. The summed E-state index contributed by atoms with van der Waals surface area (Å²) in [6.45, 7) is 7.88. The molecule has 0 unspecified atom stereocenters. The average Bonchev–Trinajstić information content (AvgIpc) is 2.49. The van der Waals surface area contributed by atoms with E-state index in [0.29, 0.717) is 0 Å². The molecule has 0 saturated carbocycles. The van der Waals surface area contributed by atoms with Crippen LogP contribution in [0.4, 0.5) is 0 Å². The molecule has 1 fully saturated rings.